The average Bonchev–Trinajstić information content (AvgIpc) is 3.16. The van der Waals surface area contributed by atoms with Gasteiger partial charge in [0.2, 0.25) is 0 Å². The minimum absolute atomic E-state index is 0.111. The fraction of sp³-hybridized carbons (Fsp3) is 0.333. The fourth-order valence-electron chi connectivity index (χ4n) is 3.40. The number of hydrogen-bond donors (Lipinski definition) is 2. The molecule has 2 aromatic heterocycles. The minimum atomic E-state index is -0.371. The van der Waals surface area contributed by atoms with Gasteiger partial charge < -0.3 is 14.3 Å². The minimum Gasteiger partial charge on any atom is -0.462 e. The second-order valence-electron chi connectivity index (χ2n) is 6.81. The lowest BCUT2D eigenvalue weighted by atomic mass is 10.1. The van der Waals surface area contributed by atoms with Gasteiger partial charge in [-0.05, 0) is 52.3 Å². The summed E-state index contributed by atoms with van der Waals surface area (Å²) in [6.07, 6.45) is 0. The number of aromatic amines is 1. The number of rotatable bonds is 6. The second-order valence-corrected chi connectivity index (χ2v) is 6.81. The van der Waals surface area contributed by atoms with Gasteiger partial charge in [-0.25, -0.2) is 15.2 Å². The van der Waals surface area contributed by atoms with Gasteiger partial charge in [0.15, 0.2) is 0 Å². The van der Waals surface area contributed by atoms with E-state index in [1.54, 1.807) is 13.8 Å². The molecule has 0 saturated heterocycles. The lowest BCUT2D eigenvalue weighted by molar-refractivity contribution is -0.121. The van der Waals surface area contributed by atoms with E-state index < -0.39 is 0 Å². The van der Waals surface area contributed by atoms with E-state index in [9.17, 15) is 9.59 Å². The number of hydrazone groups is 1. The Morgan fingerprint density at radius 2 is 1.97 bits per heavy atom. The molecule has 2 N–H and O–H groups in total. The number of hydrogen-bond acceptors (Lipinski definition) is 5. The number of para-hydroxylation sites is 2. The molecule has 0 spiro atoms. The van der Waals surface area contributed by atoms with Crippen molar-refractivity contribution in [3.63, 3.8) is 0 Å². The standard InChI is InChI=1S/C21H25N5O3/c1-6-29-21(28)19-12(2)20(22-13(19)3)14(4)24-25-18(27)11-26-15(5)23-16-9-7-8-10-17(16)26/h7-10,22H,6,11H2,1-5H3,(H,25,27)/b24-14+. The van der Waals surface area contributed by atoms with Crippen LogP contribution in [0.25, 0.3) is 11.0 Å². The summed E-state index contributed by atoms with van der Waals surface area (Å²) in [5.41, 5.74) is 7.55. The number of aromatic nitrogens is 3. The third-order valence-electron chi connectivity index (χ3n) is 4.77. The number of imidazole rings is 1. The molecule has 0 aliphatic carbocycles. The molecule has 1 aromatic carbocycles. The summed E-state index contributed by atoms with van der Waals surface area (Å²) < 4.78 is 6.95. The molecule has 0 saturated carbocycles. The first kappa shape index (κ1) is 20.3. The van der Waals surface area contributed by atoms with Crippen molar-refractivity contribution in [1.29, 1.82) is 0 Å². The van der Waals surface area contributed by atoms with Crippen LogP contribution in [-0.2, 0) is 16.1 Å². The quantitative estimate of drug-likeness (QED) is 0.380. The molecule has 0 aliphatic rings. The maximum atomic E-state index is 12.4. The molecule has 2 heterocycles. The monoisotopic (exact) mass is 395 g/mol. The van der Waals surface area contributed by atoms with E-state index in [2.05, 4.69) is 20.5 Å². The normalized spacial score (nSPS) is 11.7. The van der Waals surface area contributed by atoms with Gasteiger partial charge in [0.1, 0.15) is 12.4 Å². The molecule has 8 heteroatoms. The van der Waals surface area contributed by atoms with Crippen LogP contribution in [0.5, 0.6) is 0 Å². The predicted molar refractivity (Wildman–Crippen MR) is 111 cm³/mol. The van der Waals surface area contributed by atoms with Gasteiger partial charge >= 0.3 is 5.97 Å². The number of carbonyl (C=O) groups is 2. The van der Waals surface area contributed by atoms with Crippen molar-refractivity contribution in [1.82, 2.24) is 20.0 Å². The lowest BCUT2D eigenvalue weighted by Crippen LogP contribution is -2.25. The Morgan fingerprint density at radius 3 is 2.69 bits per heavy atom. The fourth-order valence-corrected chi connectivity index (χ4v) is 3.40. The zero-order valence-corrected chi connectivity index (χ0v) is 17.3. The maximum Gasteiger partial charge on any atom is 0.340 e. The SMILES string of the molecule is CCOC(=O)c1c(C)[nH]c(/C(C)=N/NC(=O)Cn2c(C)nc3ccccc32)c1C. The Labute approximate surface area is 169 Å². The van der Waals surface area contributed by atoms with Crippen molar-refractivity contribution in [2.24, 2.45) is 5.10 Å². The van der Waals surface area contributed by atoms with E-state index in [1.807, 2.05) is 49.6 Å². The van der Waals surface area contributed by atoms with Crippen LogP contribution in [0.15, 0.2) is 29.4 Å². The zero-order valence-electron chi connectivity index (χ0n) is 17.3. The topological polar surface area (TPSA) is 101 Å². The number of H-pyrrole nitrogens is 1. The molecule has 3 rings (SSSR count). The number of carbonyl (C=O) groups excluding carboxylic acids is 2. The Morgan fingerprint density at radius 1 is 1.24 bits per heavy atom. The summed E-state index contributed by atoms with van der Waals surface area (Å²) >= 11 is 0. The van der Waals surface area contributed by atoms with Crippen LogP contribution in [0, 0.1) is 20.8 Å². The van der Waals surface area contributed by atoms with Gasteiger partial charge in [0.05, 0.1) is 34.6 Å². The largest absolute Gasteiger partial charge is 0.462 e. The number of benzene rings is 1. The Kier molecular flexibility index (Phi) is 5.81. The zero-order chi connectivity index (χ0) is 21.1. The van der Waals surface area contributed by atoms with Crippen LogP contribution in [-0.4, -0.2) is 38.7 Å². The molecule has 0 radical (unpaired) electrons. The molecule has 152 valence electrons. The highest BCUT2D eigenvalue weighted by atomic mass is 16.5. The Hall–Kier alpha value is -3.42. The third kappa shape index (κ3) is 4.06. The molecular formula is C21H25N5O3. The van der Waals surface area contributed by atoms with Crippen molar-refractivity contribution in [2.75, 3.05) is 6.61 Å². The highest BCUT2D eigenvalue weighted by Gasteiger charge is 2.20. The summed E-state index contributed by atoms with van der Waals surface area (Å²) in [6, 6.07) is 7.67. The van der Waals surface area contributed by atoms with E-state index >= 15 is 0 Å². The Bertz CT molecular complexity index is 1110. The van der Waals surface area contributed by atoms with Crippen molar-refractivity contribution in [3.05, 3.63) is 52.6 Å². The summed E-state index contributed by atoms with van der Waals surface area (Å²) in [5, 5.41) is 4.21. The average molecular weight is 395 g/mol. The van der Waals surface area contributed by atoms with Gasteiger partial charge in [0, 0.05) is 5.69 Å². The Balaban J connectivity index is 1.76. The second kappa shape index (κ2) is 8.30. The van der Waals surface area contributed by atoms with E-state index in [0.29, 0.717) is 29.3 Å². The smallest absolute Gasteiger partial charge is 0.340 e. The number of nitrogens with zero attached hydrogens (tertiary/aromatic N) is 3. The molecule has 0 aliphatic heterocycles. The van der Waals surface area contributed by atoms with Gasteiger partial charge in [-0.3, -0.25) is 4.79 Å². The van der Waals surface area contributed by atoms with E-state index in [4.69, 9.17) is 4.74 Å². The van der Waals surface area contributed by atoms with Gasteiger partial charge in [-0.2, -0.15) is 5.10 Å². The predicted octanol–water partition coefficient (Wildman–Crippen LogP) is 3.01. The van der Waals surface area contributed by atoms with Crippen molar-refractivity contribution < 1.29 is 14.3 Å². The van der Waals surface area contributed by atoms with Crippen LogP contribution < -0.4 is 5.43 Å². The van der Waals surface area contributed by atoms with Crippen LogP contribution in [0.3, 0.4) is 0 Å². The van der Waals surface area contributed by atoms with E-state index in [-0.39, 0.29) is 18.4 Å². The summed E-state index contributed by atoms with van der Waals surface area (Å²) in [7, 11) is 0. The number of esters is 1. The van der Waals surface area contributed by atoms with Crippen LogP contribution in [0.4, 0.5) is 0 Å². The first-order chi connectivity index (χ1) is 13.8. The number of aryl methyl sites for hydroxylation is 2. The molecule has 29 heavy (non-hydrogen) atoms. The number of ether oxygens (including phenoxy) is 1. The van der Waals surface area contributed by atoms with E-state index in [1.165, 1.54) is 0 Å². The van der Waals surface area contributed by atoms with Gasteiger partial charge in [-0.1, -0.05) is 12.1 Å². The maximum absolute atomic E-state index is 12.4. The van der Waals surface area contributed by atoms with Crippen molar-refractivity contribution in [3.8, 4) is 0 Å². The first-order valence-electron chi connectivity index (χ1n) is 9.45. The van der Waals surface area contributed by atoms with Crippen LogP contribution >= 0.6 is 0 Å². The molecule has 8 nitrogen and oxygen atoms in total. The van der Waals surface area contributed by atoms with Crippen LogP contribution in [0.2, 0.25) is 0 Å². The molecule has 0 unspecified atom stereocenters. The van der Waals surface area contributed by atoms with Crippen molar-refractivity contribution in [2.45, 2.75) is 41.2 Å². The summed E-state index contributed by atoms with van der Waals surface area (Å²) in [5.74, 6) is 0.128. The molecule has 1 amide bonds. The molecule has 3 aromatic rings. The molecule has 0 atom stereocenters. The molecule has 0 fully saturated rings. The third-order valence-corrected chi connectivity index (χ3v) is 4.77. The van der Waals surface area contributed by atoms with Crippen molar-refractivity contribution >= 4 is 28.6 Å². The highest BCUT2D eigenvalue weighted by Crippen LogP contribution is 2.20. The van der Waals surface area contributed by atoms with Gasteiger partial charge in [-0.15, -0.1) is 0 Å². The molecular weight excluding hydrogens is 370 g/mol. The number of amides is 1. The highest BCUT2D eigenvalue weighted by molar-refractivity contribution is 6.03. The first-order valence-corrected chi connectivity index (χ1v) is 9.45. The van der Waals surface area contributed by atoms with E-state index in [0.717, 1.165) is 22.4 Å². The number of fused-ring (bicyclic) bond motifs is 1. The summed E-state index contributed by atoms with van der Waals surface area (Å²) in [6.45, 7) is 9.46. The lowest BCUT2D eigenvalue weighted by Gasteiger charge is -2.07. The van der Waals surface area contributed by atoms with Crippen LogP contribution in [0.1, 0.15) is 47.0 Å². The summed E-state index contributed by atoms with van der Waals surface area (Å²) in [4.78, 5) is 32.2. The van der Waals surface area contributed by atoms with Gasteiger partial charge in [0.25, 0.3) is 5.91 Å². The molecule has 0 bridgehead atoms. The number of nitrogens with one attached hydrogen (secondary N) is 2.